The molecule has 5 aliphatic rings. The van der Waals surface area contributed by atoms with Gasteiger partial charge in [-0.3, -0.25) is 14.5 Å². The standard InChI is InChI=1S/C26H37N3O4S.C21H29N3O3S/c1-3-16-34(31,32)29-24-5-4-20(26(30)27-11-6-19(2)7-12-27)17-22(24)23-18-28(13-8-25(23)29)21-9-14-33-15-10-21;1-3-12-28(26,27)24-19-5-4-16(21(25)23-10-7-15(2)8-11-23)13-17(19)18-14-22-9-6-20(18)24/h4-5,17,19,21H,3,6-16,18H2,1-2H3;4-5,13,15,22H,3,6-12,14H2,1-2H3. The van der Waals surface area contributed by atoms with Crippen LogP contribution in [0, 0.1) is 11.8 Å². The lowest BCUT2D eigenvalue weighted by Gasteiger charge is -2.37. The van der Waals surface area contributed by atoms with E-state index < -0.39 is 20.0 Å². The normalized spacial score (nSPS) is 19.9. The van der Waals surface area contributed by atoms with E-state index in [-0.39, 0.29) is 23.3 Å². The zero-order valence-electron chi connectivity index (χ0n) is 37.2. The highest BCUT2D eigenvalue weighted by Crippen LogP contribution is 2.36. The second-order valence-electron chi connectivity index (χ2n) is 18.4. The third kappa shape index (κ3) is 8.98. The van der Waals surface area contributed by atoms with Gasteiger partial charge in [-0.25, -0.2) is 24.8 Å². The van der Waals surface area contributed by atoms with Crippen LogP contribution in [0.2, 0.25) is 0 Å². The highest BCUT2D eigenvalue weighted by Gasteiger charge is 2.34. The molecule has 338 valence electrons. The van der Waals surface area contributed by atoms with Crippen molar-refractivity contribution in [1.82, 2.24) is 28.0 Å². The molecule has 5 aliphatic heterocycles. The summed E-state index contributed by atoms with van der Waals surface area (Å²) >= 11 is 0. The van der Waals surface area contributed by atoms with Crippen LogP contribution in [-0.2, 0) is 50.7 Å². The molecule has 9 rings (SSSR count). The van der Waals surface area contributed by atoms with Crippen molar-refractivity contribution in [3.8, 4) is 0 Å². The molecule has 13 nitrogen and oxygen atoms in total. The Morgan fingerprint density at radius 1 is 0.661 bits per heavy atom. The summed E-state index contributed by atoms with van der Waals surface area (Å²) in [7, 11) is -6.86. The van der Waals surface area contributed by atoms with Gasteiger partial charge >= 0.3 is 0 Å². The van der Waals surface area contributed by atoms with E-state index in [9.17, 15) is 26.4 Å². The minimum absolute atomic E-state index is 0.0514. The number of amides is 2. The maximum absolute atomic E-state index is 13.3. The number of benzene rings is 2. The summed E-state index contributed by atoms with van der Waals surface area (Å²) in [4.78, 5) is 32.7. The molecule has 0 atom stereocenters. The zero-order valence-corrected chi connectivity index (χ0v) is 38.8. The molecule has 0 aliphatic carbocycles. The first kappa shape index (κ1) is 44.8. The predicted molar refractivity (Wildman–Crippen MR) is 245 cm³/mol. The van der Waals surface area contributed by atoms with E-state index >= 15 is 0 Å². The molecule has 4 aromatic rings. The predicted octanol–water partition coefficient (Wildman–Crippen LogP) is 6.39. The fraction of sp³-hybridized carbons (Fsp3) is 0.617. The number of carbonyl (C=O) groups is 2. The van der Waals surface area contributed by atoms with Crippen molar-refractivity contribution in [3.05, 3.63) is 70.0 Å². The molecule has 2 aromatic heterocycles. The first-order valence-electron chi connectivity index (χ1n) is 23.2. The Kier molecular flexibility index (Phi) is 13.6. The summed E-state index contributed by atoms with van der Waals surface area (Å²) in [6.07, 6.45) is 8.73. The van der Waals surface area contributed by atoms with Crippen molar-refractivity contribution < 1.29 is 31.2 Å². The number of hydrogen-bond acceptors (Lipinski definition) is 9. The average Bonchev–Trinajstić information content (AvgIpc) is 3.80. The van der Waals surface area contributed by atoms with Crippen LogP contribution < -0.4 is 5.32 Å². The van der Waals surface area contributed by atoms with Crippen molar-refractivity contribution >= 4 is 53.7 Å². The van der Waals surface area contributed by atoms with Crippen LogP contribution in [0.3, 0.4) is 0 Å². The molecule has 0 unspecified atom stereocenters. The average molecular weight is 891 g/mol. The fourth-order valence-electron chi connectivity index (χ4n) is 10.3. The van der Waals surface area contributed by atoms with Crippen LogP contribution in [0.5, 0.6) is 0 Å². The van der Waals surface area contributed by atoms with E-state index in [1.165, 1.54) is 0 Å². The number of ether oxygens (including phenoxy) is 1. The fourth-order valence-corrected chi connectivity index (χ4v) is 13.7. The molecule has 7 heterocycles. The molecule has 0 saturated carbocycles. The van der Waals surface area contributed by atoms with E-state index in [0.29, 0.717) is 66.7 Å². The first-order chi connectivity index (χ1) is 29.8. The maximum atomic E-state index is 13.3. The van der Waals surface area contributed by atoms with Crippen molar-refractivity contribution in [2.24, 2.45) is 11.8 Å². The van der Waals surface area contributed by atoms with Gasteiger partial charge < -0.3 is 19.9 Å². The Bertz CT molecular complexity index is 2510. The van der Waals surface area contributed by atoms with Crippen LogP contribution in [0.15, 0.2) is 36.4 Å². The summed E-state index contributed by atoms with van der Waals surface area (Å²) in [6.45, 7) is 16.0. The number of nitrogens with zero attached hydrogens (tertiary/aromatic N) is 5. The number of carbonyl (C=O) groups excluding carboxylic acids is 2. The second-order valence-corrected chi connectivity index (χ2v) is 22.3. The van der Waals surface area contributed by atoms with Gasteiger partial charge in [0.15, 0.2) is 0 Å². The van der Waals surface area contributed by atoms with Gasteiger partial charge in [0.05, 0.1) is 22.5 Å². The van der Waals surface area contributed by atoms with Crippen molar-refractivity contribution in [2.45, 2.75) is 111 Å². The number of nitrogens with one attached hydrogen (secondary N) is 1. The lowest BCUT2D eigenvalue weighted by molar-refractivity contribution is 0.0290. The van der Waals surface area contributed by atoms with E-state index in [4.69, 9.17) is 4.74 Å². The molecule has 2 aromatic carbocycles. The smallest absolute Gasteiger partial charge is 0.253 e. The van der Waals surface area contributed by atoms with Crippen LogP contribution in [0.25, 0.3) is 21.8 Å². The van der Waals surface area contributed by atoms with Gasteiger partial charge in [0, 0.05) is 118 Å². The van der Waals surface area contributed by atoms with Gasteiger partial charge in [-0.2, -0.15) is 0 Å². The van der Waals surface area contributed by atoms with Gasteiger partial charge in [0.1, 0.15) is 0 Å². The minimum atomic E-state index is -3.45. The number of fused-ring (bicyclic) bond motifs is 6. The second kappa shape index (κ2) is 18.8. The third-order valence-electron chi connectivity index (χ3n) is 13.9. The van der Waals surface area contributed by atoms with E-state index in [1.807, 2.05) is 54.0 Å². The highest BCUT2D eigenvalue weighted by atomic mass is 32.2. The van der Waals surface area contributed by atoms with Gasteiger partial charge in [-0.15, -0.1) is 0 Å². The van der Waals surface area contributed by atoms with E-state index in [1.54, 1.807) is 14.0 Å². The van der Waals surface area contributed by atoms with Gasteiger partial charge in [0.25, 0.3) is 11.8 Å². The Morgan fingerprint density at radius 2 is 1.15 bits per heavy atom. The van der Waals surface area contributed by atoms with Crippen LogP contribution in [0.1, 0.15) is 122 Å². The van der Waals surface area contributed by atoms with E-state index in [0.717, 1.165) is 136 Å². The van der Waals surface area contributed by atoms with Crippen LogP contribution in [0.4, 0.5) is 0 Å². The molecule has 0 spiro atoms. The summed E-state index contributed by atoms with van der Waals surface area (Å²) in [5.74, 6) is 1.69. The van der Waals surface area contributed by atoms with Gasteiger partial charge in [-0.1, -0.05) is 27.7 Å². The highest BCUT2D eigenvalue weighted by molar-refractivity contribution is 7.90. The molecule has 62 heavy (non-hydrogen) atoms. The molecule has 3 fully saturated rings. The maximum Gasteiger partial charge on any atom is 0.253 e. The number of aromatic nitrogens is 2. The molecular formula is C47H66N6O7S2. The Morgan fingerprint density at radius 3 is 1.65 bits per heavy atom. The Labute approximate surface area is 368 Å². The molecule has 2 amide bonds. The molecule has 1 N–H and O–H groups in total. The molecule has 15 heteroatoms. The molecular weight excluding hydrogens is 825 g/mol. The quantitative estimate of drug-likeness (QED) is 0.203. The number of likely N-dealkylation sites (tertiary alicyclic amines) is 2. The Balaban J connectivity index is 0.000000174. The number of hydrogen-bond donors (Lipinski definition) is 1. The largest absolute Gasteiger partial charge is 0.381 e. The van der Waals surface area contributed by atoms with Crippen LogP contribution >= 0.6 is 0 Å². The van der Waals surface area contributed by atoms with E-state index in [2.05, 4.69) is 24.1 Å². The number of piperidine rings is 2. The van der Waals surface area contributed by atoms with Gasteiger partial charge in [0.2, 0.25) is 20.0 Å². The monoisotopic (exact) mass is 890 g/mol. The molecule has 0 bridgehead atoms. The van der Waals surface area contributed by atoms with Crippen molar-refractivity contribution in [1.29, 1.82) is 0 Å². The SMILES string of the molecule is CCCS(=O)(=O)n1c2c(c3cc(C(=O)N4CCC(C)CC4)ccc31)CN(C1CCOCC1)CC2.CCCS(=O)(=O)n1c2c(c3cc(C(=O)N4CCC(C)CC4)ccc31)CNCC2. The summed E-state index contributed by atoms with van der Waals surface area (Å²) < 4.78 is 61.2. The lowest BCUT2D eigenvalue weighted by Crippen LogP contribution is -2.42. The van der Waals surface area contributed by atoms with Crippen molar-refractivity contribution in [3.63, 3.8) is 0 Å². The zero-order chi connectivity index (χ0) is 43.8. The van der Waals surface area contributed by atoms with Gasteiger partial charge in [-0.05, 0) is 111 Å². The summed E-state index contributed by atoms with van der Waals surface area (Å²) in [6, 6.07) is 11.6. The third-order valence-corrected chi connectivity index (χ3v) is 17.7. The summed E-state index contributed by atoms with van der Waals surface area (Å²) in [5.41, 5.74) is 6.61. The molecule has 0 radical (unpaired) electrons. The Hall–Kier alpha value is -3.76. The summed E-state index contributed by atoms with van der Waals surface area (Å²) in [5, 5.41) is 5.15. The van der Waals surface area contributed by atoms with Crippen LogP contribution in [-0.4, -0.2) is 121 Å². The first-order valence-corrected chi connectivity index (χ1v) is 26.4. The lowest BCUT2D eigenvalue weighted by atomic mass is 9.97. The minimum Gasteiger partial charge on any atom is -0.381 e. The topological polar surface area (TPSA) is 143 Å². The van der Waals surface area contributed by atoms with Crippen molar-refractivity contribution in [2.75, 3.05) is 64.0 Å². The number of rotatable bonds is 9. The molecule has 3 saturated heterocycles.